The molecule has 1 aromatic carbocycles. The highest BCUT2D eigenvalue weighted by molar-refractivity contribution is 9.11. The van der Waals surface area contributed by atoms with Crippen LogP contribution in [0.15, 0.2) is 27.1 Å². The highest BCUT2D eigenvalue weighted by Crippen LogP contribution is 2.26. The molecule has 0 aliphatic heterocycles. The van der Waals surface area contributed by atoms with Crippen LogP contribution in [0.2, 0.25) is 0 Å². The maximum absolute atomic E-state index is 11.8. The van der Waals surface area contributed by atoms with Crippen molar-refractivity contribution in [2.24, 2.45) is 0 Å². The Morgan fingerprint density at radius 1 is 1.28 bits per heavy atom. The number of benzene rings is 1. The average molecular weight is 400 g/mol. The molecule has 0 aromatic heterocycles. The molecule has 0 saturated carbocycles. The van der Waals surface area contributed by atoms with Crippen molar-refractivity contribution in [1.82, 2.24) is 5.32 Å². The first-order chi connectivity index (χ1) is 8.44. The fourth-order valence-corrected chi connectivity index (χ4v) is 3.77. The quantitative estimate of drug-likeness (QED) is 0.693. The van der Waals surface area contributed by atoms with Crippen molar-refractivity contribution in [2.75, 3.05) is 23.6 Å². The molecule has 0 saturated heterocycles. The molecule has 4 nitrogen and oxygen atoms in total. The summed E-state index contributed by atoms with van der Waals surface area (Å²) in [6, 6.07) is 5.31. The Hall–Kier alpha value is -0.110. The summed E-state index contributed by atoms with van der Waals surface area (Å²) in [5, 5.41) is 3.10. The standard InChI is InChI=1S/C11H16Br2N2O2S/c1-2-14-6-3-7-18(16,17)15-11-5-4-9(12)8-10(11)13/h4-5,8,14-15H,2-3,6-7H2,1H3. The third-order valence-corrected chi connectivity index (χ3v) is 4.72. The molecule has 2 N–H and O–H groups in total. The van der Waals surface area contributed by atoms with Crippen molar-refractivity contribution in [2.45, 2.75) is 13.3 Å². The van der Waals surface area contributed by atoms with Gasteiger partial charge in [0, 0.05) is 8.95 Å². The number of halogens is 2. The van der Waals surface area contributed by atoms with Crippen molar-refractivity contribution in [1.29, 1.82) is 0 Å². The summed E-state index contributed by atoms with van der Waals surface area (Å²) in [5.41, 5.74) is 0.557. The van der Waals surface area contributed by atoms with E-state index in [-0.39, 0.29) is 5.75 Å². The van der Waals surface area contributed by atoms with Gasteiger partial charge in [-0.2, -0.15) is 0 Å². The lowest BCUT2D eigenvalue weighted by Gasteiger charge is -2.10. The number of rotatable bonds is 7. The van der Waals surface area contributed by atoms with Gasteiger partial charge >= 0.3 is 0 Å². The van der Waals surface area contributed by atoms with E-state index in [1.54, 1.807) is 18.2 Å². The Kier molecular flexibility index (Phi) is 6.62. The second-order valence-corrected chi connectivity index (χ2v) is 7.36. The first-order valence-corrected chi connectivity index (χ1v) is 8.84. The summed E-state index contributed by atoms with van der Waals surface area (Å²) in [5.74, 6) is 0.114. The minimum atomic E-state index is -3.29. The number of hydrogen-bond donors (Lipinski definition) is 2. The van der Waals surface area contributed by atoms with Crippen LogP contribution in [0.1, 0.15) is 13.3 Å². The van der Waals surface area contributed by atoms with E-state index >= 15 is 0 Å². The van der Waals surface area contributed by atoms with Gasteiger partial charge in [-0.25, -0.2) is 8.42 Å². The normalized spacial score (nSPS) is 11.5. The summed E-state index contributed by atoms with van der Waals surface area (Å²) in [6.45, 7) is 3.55. The van der Waals surface area contributed by atoms with E-state index in [2.05, 4.69) is 41.9 Å². The summed E-state index contributed by atoms with van der Waals surface area (Å²) >= 11 is 6.64. The maximum atomic E-state index is 11.8. The van der Waals surface area contributed by atoms with Gasteiger partial charge in [-0.05, 0) is 53.6 Å². The second-order valence-electron chi connectivity index (χ2n) is 3.75. The molecule has 0 aliphatic carbocycles. The Balaban J connectivity index is 2.59. The number of anilines is 1. The summed E-state index contributed by atoms with van der Waals surface area (Å²) in [6.07, 6.45) is 0.595. The lowest BCUT2D eigenvalue weighted by molar-refractivity contribution is 0.595. The van der Waals surface area contributed by atoms with E-state index in [1.807, 2.05) is 6.92 Å². The molecule has 0 spiro atoms. The van der Waals surface area contributed by atoms with Crippen molar-refractivity contribution in [3.8, 4) is 0 Å². The van der Waals surface area contributed by atoms with Crippen LogP contribution >= 0.6 is 31.9 Å². The van der Waals surface area contributed by atoms with E-state index < -0.39 is 10.0 Å². The number of nitrogens with one attached hydrogen (secondary N) is 2. The molecule has 1 rings (SSSR count). The lowest BCUT2D eigenvalue weighted by Crippen LogP contribution is -2.22. The predicted molar refractivity (Wildman–Crippen MR) is 82.4 cm³/mol. The molecule has 0 bridgehead atoms. The van der Waals surface area contributed by atoms with E-state index in [4.69, 9.17) is 0 Å². The SMILES string of the molecule is CCNCCCS(=O)(=O)Nc1ccc(Br)cc1Br. The first-order valence-electron chi connectivity index (χ1n) is 5.61. The molecule has 102 valence electrons. The monoisotopic (exact) mass is 398 g/mol. The summed E-state index contributed by atoms with van der Waals surface area (Å²) in [4.78, 5) is 0. The van der Waals surface area contributed by atoms with E-state index in [0.717, 1.165) is 11.0 Å². The molecular formula is C11H16Br2N2O2S. The molecule has 0 fully saturated rings. The van der Waals surface area contributed by atoms with Gasteiger partial charge in [0.15, 0.2) is 0 Å². The van der Waals surface area contributed by atoms with Crippen molar-refractivity contribution < 1.29 is 8.42 Å². The van der Waals surface area contributed by atoms with E-state index in [1.165, 1.54) is 0 Å². The fourth-order valence-electron chi connectivity index (χ4n) is 1.35. The van der Waals surface area contributed by atoms with Crippen LogP contribution in [0.5, 0.6) is 0 Å². The summed E-state index contributed by atoms with van der Waals surface area (Å²) < 4.78 is 27.8. The topological polar surface area (TPSA) is 58.2 Å². The molecule has 0 amide bonds. The highest BCUT2D eigenvalue weighted by Gasteiger charge is 2.11. The third-order valence-electron chi connectivity index (χ3n) is 2.21. The van der Waals surface area contributed by atoms with Gasteiger partial charge < -0.3 is 5.32 Å². The molecule has 0 atom stereocenters. The van der Waals surface area contributed by atoms with Gasteiger partial charge in [0.05, 0.1) is 11.4 Å². The number of hydrogen-bond acceptors (Lipinski definition) is 3. The minimum Gasteiger partial charge on any atom is -0.317 e. The smallest absolute Gasteiger partial charge is 0.232 e. The summed E-state index contributed by atoms with van der Waals surface area (Å²) in [7, 11) is -3.29. The van der Waals surface area contributed by atoms with Crippen LogP contribution in [-0.4, -0.2) is 27.3 Å². The van der Waals surface area contributed by atoms with Crippen LogP contribution < -0.4 is 10.0 Å². The Labute approximate surface area is 125 Å². The zero-order valence-electron chi connectivity index (χ0n) is 10.0. The zero-order valence-corrected chi connectivity index (χ0v) is 14.0. The van der Waals surface area contributed by atoms with Crippen LogP contribution in [0.25, 0.3) is 0 Å². The Morgan fingerprint density at radius 2 is 2.00 bits per heavy atom. The maximum Gasteiger partial charge on any atom is 0.232 e. The molecule has 0 unspecified atom stereocenters. The highest BCUT2D eigenvalue weighted by atomic mass is 79.9. The third kappa shape index (κ3) is 5.69. The van der Waals surface area contributed by atoms with Crippen LogP contribution in [0, 0.1) is 0 Å². The van der Waals surface area contributed by atoms with Gasteiger partial charge in [0.2, 0.25) is 10.0 Å². The van der Waals surface area contributed by atoms with Crippen LogP contribution in [-0.2, 0) is 10.0 Å². The first kappa shape index (κ1) is 15.9. The average Bonchev–Trinajstić information content (AvgIpc) is 2.28. The molecule has 1 aromatic rings. The molecule has 0 heterocycles. The van der Waals surface area contributed by atoms with Crippen LogP contribution in [0.3, 0.4) is 0 Å². The minimum absolute atomic E-state index is 0.114. The predicted octanol–water partition coefficient (Wildman–Crippen LogP) is 2.95. The molecule has 7 heteroatoms. The molecule has 18 heavy (non-hydrogen) atoms. The van der Waals surface area contributed by atoms with Crippen LogP contribution in [0.4, 0.5) is 5.69 Å². The number of sulfonamides is 1. The van der Waals surface area contributed by atoms with Crippen molar-refractivity contribution in [3.05, 3.63) is 27.1 Å². The molecule has 0 aliphatic rings. The van der Waals surface area contributed by atoms with Gasteiger partial charge in [-0.15, -0.1) is 0 Å². The van der Waals surface area contributed by atoms with Gasteiger partial charge in [-0.1, -0.05) is 22.9 Å². The van der Waals surface area contributed by atoms with Gasteiger partial charge in [0.25, 0.3) is 0 Å². The van der Waals surface area contributed by atoms with Crippen molar-refractivity contribution >= 4 is 47.6 Å². The second kappa shape index (κ2) is 7.47. The van der Waals surface area contributed by atoms with Gasteiger partial charge in [-0.3, -0.25) is 4.72 Å². The lowest BCUT2D eigenvalue weighted by atomic mass is 10.3. The van der Waals surface area contributed by atoms with E-state index in [0.29, 0.717) is 23.1 Å². The fraction of sp³-hybridized carbons (Fsp3) is 0.455. The Morgan fingerprint density at radius 3 is 2.61 bits per heavy atom. The zero-order chi connectivity index (χ0) is 13.6. The van der Waals surface area contributed by atoms with Crippen molar-refractivity contribution in [3.63, 3.8) is 0 Å². The molecule has 0 radical (unpaired) electrons. The Bertz CT molecular complexity index is 492. The van der Waals surface area contributed by atoms with Gasteiger partial charge in [0.1, 0.15) is 0 Å². The van der Waals surface area contributed by atoms with E-state index in [9.17, 15) is 8.42 Å². The molecular weight excluding hydrogens is 384 g/mol. The largest absolute Gasteiger partial charge is 0.317 e.